The molecule has 14 heavy (non-hydrogen) atoms. The van der Waals surface area contributed by atoms with Crippen molar-refractivity contribution in [2.45, 2.75) is 33.1 Å². The number of halogens is 3. The Labute approximate surface area is 81.8 Å². The van der Waals surface area contributed by atoms with Gasteiger partial charge < -0.3 is 0 Å². The third kappa shape index (κ3) is 1.76. The SMILES string of the molecule is Cc1c(F)cc(F)c(C(C)(C)C)c1F. The summed E-state index contributed by atoms with van der Waals surface area (Å²) in [5.41, 5.74) is -0.847. The summed E-state index contributed by atoms with van der Waals surface area (Å²) in [5.74, 6) is -2.44. The molecule has 0 aliphatic rings. The van der Waals surface area contributed by atoms with Crippen LogP contribution in [0.1, 0.15) is 31.9 Å². The van der Waals surface area contributed by atoms with Crippen LogP contribution < -0.4 is 0 Å². The third-order valence-corrected chi connectivity index (χ3v) is 2.15. The third-order valence-electron chi connectivity index (χ3n) is 2.15. The fourth-order valence-corrected chi connectivity index (χ4v) is 1.38. The summed E-state index contributed by atoms with van der Waals surface area (Å²) in [7, 11) is 0. The fourth-order valence-electron chi connectivity index (χ4n) is 1.38. The van der Waals surface area contributed by atoms with Crippen molar-refractivity contribution in [3.05, 3.63) is 34.6 Å². The standard InChI is InChI=1S/C11H13F3/c1-6-7(12)5-8(13)9(10(6)14)11(2,3)4/h5H,1-4H3. The molecule has 0 saturated carbocycles. The van der Waals surface area contributed by atoms with Crippen LogP contribution >= 0.6 is 0 Å². The highest BCUT2D eigenvalue weighted by atomic mass is 19.1. The zero-order valence-corrected chi connectivity index (χ0v) is 8.71. The summed E-state index contributed by atoms with van der Waals surface area (Å²) >= 11 is 0. The average Bonchev–Trinajstić information content (AvgIpc) is 1.97. The van der Waals surface area contributed by atoms with Gasteiger partial charge in [0.2, 0.25) is 0 Å². The van der Waals surface area contributed by atoms with Crippen LogP contribution in [0.4, 0.5) is 13.2 Å². The molecule has 0 saturated heterocycles. The molecule has 0 radical (unpaired) electrons. The second kappa shape index (κ2) is 3.30. The van der Waals surface area contributed by atoms with E-state index < -0.39 is 22.9 Å². The van der Waals surface area contributed by atoms with Gasteiger partial charge in [0, 0.05) is 17.2 Å². The predicted octanol–water partition coefficient (Wildman–Crippen LogP) is 3.71. The Balaban J connectivity index is 3.53. The molecule has 0 aromatic heterocycles. The van der Waals surface area contributed by atoms with Crippen LogP contribution in [0.5, 0.6) is 0 Å². The van der Waals surface area contributed by atoms with E-state index in [1.165, 1.54) is 6.92 Å². The molecule has 0 unspecified atom stereocenters. The number of hydrogen-bond donors (Lipinski definition) is 0. The normalized spacial score (nSPS) is 11.9. The predicted molar refractivity (Wildman–Crippen MR) is 49.8 cm³/mol. The number of rotatable bonds is 0. The molecule has 0 aliphatic carbocycles. The van der Waals surface area contributed by atoms with Crippen molar-refractivity contribution in [3.63, 3.8) is 0 Å². The van der Waals surface area contributed by atoms with Crippen LogP contribution in [-0.4, -0.2) is 0 Å². The van der Waals surface area contributed by atoms with Crippen LogP contribution in [0.15, 0.2) is 6.07 Å². The van der Waals surface area contributed by atoms with Gasteiger partial charge in [-0.05, 0) is 12.3 Å². The van der Waals surface area contributed by atoms with Crippen LogP contribution in [0.2, 0.25) is 0 Å². The Morgan fingerprint density at radius 3 is 1.93 bits per heavy atom. The van der Waals surface area contributed by atoms with Crippen molar-refractivity contribution in [3.8, 4) is 0 Å². The average molecular weight is 202 g/mol. The van der Waals surface area contributed by atoms with E-state index in [2.05, 4.69) is 0 Å². The zero-order chi connectivity index (χ0) is 11.1. The Bertz CT molecular complexity index is 362. The van der Waals surface area contributed by atoms with Gasteiger partial charge in [0.05, 0.1) is 0 Å². The smallest absolute Gasteiger partial charge is 0.135 e. The first kappa shape index (κ1) is 11.1. The van der Waals surface area contributed by atoms with E-state index in [9.17, 15) is 13.2 Å². The minimum absolute atomic E-state index is 0.0589. The Morgan fingerprint density at radius 2 is 1.50 bits per heavy atom. The maximum absolute atomic E-state index is 13.5. The van der Waals surface area contributed by atoms with Gasteiger partial charge in [-0.15, -0.1) is 0 Å². The molecule has 0 aliphatic heterocycles. The molecule has 1 aromatic rings. The van der Waals surface area contributed by atoms with E-state index >= 15 is 0 Å². The molecule has 0 atom stereocenters. The second-order valence-corrected chi connectivity index (χ2v) is 4.40. The van der Waals surface area contributed by atoms with Gasteiger partial charge in [-0.3, -0.25) is 0 Å². The molecule has 0 bridgehead atoms. The highest BCUT2D eigenvalue weighted by molar-refractivity contribution is 5.32. The number of hydrogen-bond acceptors (Lipinski definition) is 0. The lowest BCUT2D eigenvalue weighted by Crippen LogP contribution is -2.17. The molecule has 3 heteroatoms. The summed E-state index contributed by atoms with van der Waals surface area (Å²) in [6, 6.07) is 0.735. The molecule has 0 amide bonds. The van der Waals surface area contributed by atoms with E-state index in [0.29, 0.717) is 0 Å². The lowest BCUT2D eigenvalue weighted by molar-refractivity contribution is 0.457. The van der Waals surface area contributed by atoms with Crippen LogP contribution in [-0.2, 0) is 5.41 Å². The molecular weight excluding hydrogens is 189 g/mol. The molecule has 1 aromatic carbocycles. The summed E-state index contributed by atoms with van der Waals surface area (Å²) < 4.78 is 39.8. The van der Waals surface area contributed by atoms with E-state index in [-0.39, 0.29) is 11.1 Å². The van der Waals surface area contributed by atoms with Gasteiger partial charge >= 0.3 is 0 Å². The fraction of sp³-hybridized carbons (Fsp3) is 0.455. The molecule has 0 heterocycles. The second-order valence-electron chi connectivity index (χ2n) is 4.40. The van der Waals surface area contributed by atoms with E-state index in [1.54, 1.807) is 20.8 Å². The van der Waals surface area contributed by atoms with E-state index in [4.69, 9.17) is 0 Å². The van der Waals surface area contributed by atoms with Crippen molar-refractivity contribution in [1.29, 1.82) is 0 Å². The van der Waals surface area contributed by atoms with Crippen LogP contribution in [0, 0.1) is 24.4 Å². The van der Waals surface area contributed by atoms with Gasteiger partial charge in [0.15, 0.2) is 0 Å². The first-order chi connectivity index (χ1) is 6.25. The lowest BCUT2D eigenvalue weighted by atomic mass is 9.85. The van der Waals surface area contributed by atoms with Crippen molar-refractivity contribution in [2.24, 2.45) is 0 Å². The molecule has 0 nitrogen and oxygen atoms in total. The summed E-state index contributed by atoms with van der Waals surface area (Å²) in [6.07, 6.45) is 0. The van der Waals surface area contributed by atoms with Crippen LogP contribution in [0.3, 0.4) is 0 Å². The lowest BCUT2D eigenvalue weighted by Gasteiger charge is -2.21. The topological polar surface area (TPSA) is 0 Å². The Morgan fingerprint density at radius 1 is 1.00 bits per heavy atom. The van der Waals surface area contributed by atoms with Gasteiger partial charge in [-0.1, -0.05) is 20.8 Å². The maximum Gasteiger partial charge on any atom is 0.135 e. The van der Waals surface area contributed by atoms with E-state index in [0.717, 1.165) is 6.07 Å². The largest absolute Gasteiger partial charge is 0.206 e. The van der Waals surface area contributed by atoms with Gasteiger partial charge in [0.1, 0.15) is 17.5 Å². The molecule has 0 spiro atoms. The molecular formula is C11H13F3. The quantitative estimate of drug-likeness (QED) is 0.601. The minimum atomic E-state index is -0.840. The highest BCUT2D eigenvalue weighted by Crippen LogP contribution is 2.30. The van der Waals surface area contributed by atoms with E-state index in [1.807, 2.05) is 0 Å². The molecule has 0 N–H and O–H groups in total. The van der Waals surface area contributed by atoms with Gasteiger partial charge in [0.25, 0.3) is 0 Å². The summed E-state index contributed by atoms with van der Waals surface area (Å²) in [4.78, 5) is 0. The monoisotopic (exact) mass is 202 g/mol. The zero-order valence-electron chi connectivity index (χ0n) is 8.71. The molecule has 78 valence electrons. The first-order valence-electron chi connectivity index (χ1n) is 4.39. The van der Waals surface area contributed by atoms with Crippen molar-refractivity contribution in [1.82, 2.24) is 0 Å². The molecule has 1 rings (SSSR count). The molecule has 0 fully saturated rings. The minimum Gasteiger partial charge on any atom is -0.206 e. The van der Waals surface area contributed by atoms with Crippen LogP contribution in [0.25, 0.3) is 0 Å². The summed E-state index contributed by atoms with van der Waals surface area (Å²) in [6.45, 7) is 6.36. The van der Waals surface area contributed by atoms with Crippen molar-refractivity contribution in [2.75, 3.05) is 0 Å². The van der Waals surface area contributed by atoms with Crippen molar-refractivity contribution < 1.29 is 13.2 Å². The Hall–Kier alpha value is -0.990. The van der Waals surface area contributed by atoms with Crippen molar-refractivity contribution >= 4 is 0 Å². The first-order valence-corrected chi connectivity index (χ1v) is 4.39. The Kier molecular flexibility index (Phi) is 2.61. The van der Waals surface area contributed by atoms with Gasteiger partial charge in [-0.2, -0.15) is 0 Å². The summed E-state index contributed by atoms with van der Waals surface area (Å²) in [5, 5.41) is 0. The maximum atomic E-state index is 13.5. The van der Waals surface area contributed by atoms with Gasteiger partial charge in [-0.25, -0.2) is 13.2 Å². The highest BCUT2D eigenvalue weighted by Gasteiger charge is 2.25. The number of benzene rings is 1.